The van der Waals surface area contributed by atoms with Gasteiger partial charge in [-0.1, -0.05) is 0 Å². The van der Waals surface area contributed by atoms with Crippen LogP contribution in [0.5, 0.6) is 5.75 Å². The summed E-state index contributed by atoms with van der Waals surface area (Å²) in [6.07, 6.45) is 3.68. The van der Waals surface area contributed by atoms with E-state index in [-0.39, 0.29) is 0 Å². The van der Waals surface area contributed by atoms with Gasteiger partial charge in [0.15, 0.2) is 0 Å². The first kappa shape index (κ1) is 10.5. The van der Waals surface area contributed by atoms with Crippen molar-refractivity contribution in [2.75, 3.05) is 0 Å². The van der Waals surface area contributed by atoms with Crippen molar-refractivity contribution in [1.82, 2.24) is 9.55 Å². The van der Waals surface area contributed by atoms with E-state index >= 15 is 0 Å². The minimum atomic E-state index is 0.504. The van der Waals surface area contributed by atoms with Crippen molar-refractivity contribution in [3.63, 3.8) is 0 Å². The van der Waals surface area contributed by atoms with Crippen LogP contribution in [0.25, 0.3) is 0 Å². The molecule has 0 saturated heterocycles. The molecule has 0 aliphatic rings. The van der Waals surface area contributed by atoms with Gasteiger partial charge in [-0.2, -0.15) is 0 Å². The fourth-order valence-corrected chi connectivity index (χ4v) is 1.57. The number of benzene rings is 1. The van der Waals surface area contributed by atoms with Crippen LogP contribution < -0.4 is 4.74 Å². The van der Waals surface area contributed by atoms with Crippen LogP contribution in [-0.2, 0) is 13.7 Å². The molecule has 0 amide bonds. The molecule has 1 aromatic heterocycles. The average molecular weight is 314 g/mol. The smallest absolute Gasteiger partial charge is 0.146 e. The van der Waals surface area contributed by atoms with E-state index in [0.717, 1.165) is 11.6 Å². The fraction of sp³-hybridized carbons (Fsp3) is 0.182. The highest BCUT2D eigenvalue weighted by Crippen LogP contribution is 2.14. The Morgan fingerprint density at radius 3 is 2.67 bits per heavy atom. The summed E-state index contributed by atoms with van der Waals surface area (Å²) >= 11 is 2.27. The molecular weight excluding hydrogens is 303 g/mol. The third-order valence-electron chi connectivity index (χ3n) is 2.10. The Hall–Kier alpha value is -1.04. The lowest BCUT2D eigenvalue weighted by Crippen LogP contribution is -2.02. The molecule has 0 aliphatic carbocycles. The predicted octanol–water partition coefficient (Wildman–Crippen LogP) is 2.60. The highest BCUT2D eigenvalue weighted by Gasteiger charge is 1.99. The van der Waals surface area contributed by atoms with Gasteiger partial charge in [0.05, 0.1) is 0 Å². The molecule has 0 atom stereocenters. The van der Waals surface area contributed by atoms with Gasteiger partial charge in [-0.25, -0.2) is 4.98 Å². The SMILES string of the molecule is Cn1ccnc1COc1ccc(I)cc1. The number of aryl methyl sites for hydroxylation is 1. The molecule has 0 unspecified atom stereocenters. The minimum Gasteiger partial charge on any atom is -0.486 e. The molecule has 2 rings (SSSR count). The Balaban J connectivity index is 1.99. The molecule has 1 heterocycles. The van der Waals surface area contributed by atoms with E-state index in [1.165, 1.54) is 3.57 Å². The lowest BCUT2D eigenvalue weighted by Gasteiger charge is -2.05. The van der Waals surface area contributed by atoms with Crippen molar-refractivity contribution in [3.8, 4) is 5.75 Å². The zero-order valence-electron chi connectivity index (χ0n) is 8.35. The highest BCUT2D eigenvalue weighted by molar-refractivity contribution is 14.1. The van der Waals surface area contributed by atoms with Gasteiger partial charge in [-0.3, -0.25) is 0 Å². The Morgan fingerprint density at radius 2 is 2.07 bits per heavy atom. The maximum atomic E-state index is 5.60. The van der Waals surface area contributed by atoms with E-state index in [4.69, 9.17) is 4.74 Å². The van der Waals surface area contributed by atoms with Gasteiger partial charge in [0, 0.05) is 23.0 Å². The predicted molar refractivity (Wildman–Crippen MR) is 66.7 cm³/mol. The van der Waals surface area contributed by atoms with Crippen LogP contribution in [0.15, 0.2) is 36.7 Å². The quantitative estimate of drug-likeness (QED) is 0.814. The van der Waals surface area contributed by atoms with Gasteiger partial charge >= 0.3 is 0 Å². The third kappa shape index (κ3) is 2.71. The topological polar surface area (TPSA) is 27.1 Å². The maximum absolute atomic E-state index is 5.60. The summed E-state index contributed by atoms with van der Waals surface area (Å²) < 4.78 is 8.76. The summed E-state index contributed by atoms with van der Waals surface area (Å²) in [4.78, 5) is 4.18. The van der Waals surface area contributed by atoms with Crippen LogP contribution in [0.3, 0.4) is 0 Å². The number of imidazole rings is 1. The van der Waals surface area contributed by atoms with Gasteiger partial charge in [-0.05, 0) is 46.9 Å². The molecule has 0 spiro atoms. The molecule has 0 bridgehead atoms. The van der Waals surface area contributed by atoms with E-state index in [0.29, 0.717) is 6.61 Å². The summed E-state index contributed by atoms with van der Waals surface area (Å²) in [7, 11) is 1.96. The van der Waals surface area contributed by atoms with Crippen LogP contribution in [-0.4, -0.2) is 9.55 Å². The van der Waals surface area contributed by atoms with Crippen molar-refractivity contribution in [2.45, 2.75) is 6.61 Å². The lowest BCUT2D eigenvalue weighted by molar-refractivity contribution is 0.292. The molecule has 0 radical (unpaired) electrons. The molecule has 3 nitrogen and oxygen atoms in total. The molecule has 4 heteroatoms. The first-order chi connectivity index (χ1) is 7.25. The number of rotatable bonds is 3. The molecule has 0 N–H and O–H groups in total. The molecule has 0 saturated carbocycles. The molecular formula is C11H11IN2O. The van der Waals surface area contributed by atoms with E-state index < -0.39 is 0 Å². The highest BCUT2D eigenvalue weighted by atomic mass is 127. The number of hydrogen-bond acceptors (Lipinski definition) is 2. The van der Waals surface area contributed by atoms with Crippen LogP contribution in [0.4, 0.5) is 0 Å². The van der Waals surface area contributed by atoms with E-state index in [1.807, 2.05) is 42.1 Å². The number of hydrogen-bond donors (Lipinski definition) is 0. The van der Waals surface area contributed by atoms with Crippen LogP contribution in [0.2, 0.25) is 0 Å². The Kier molecular flexibility index (Phi) is 3.25. The van der Waals surface area contributed by atoms with E-state index in [1.54, 1.807) is 6.20 Å². The summed E-state index contributed by atoms with van der Waals surface area (Å²) in [6, 6.07) is 7.97. The number of aromatic nitrogens is 2. The van der Waals surface area contributed by atoms with Gasteiger partial charge in [0.2, 0.25) is 0 Å². The molecule has 15 heavy (non-hydrogen) atoms. The monoisotopic (exact) mass is 314 g/mol. The number of nitrogens with zero attached hydrogens (tertiary/aromatic N) is 2. The van der Waals surface area contributed by atoms with E-state index in [9.17, 15) is 0 Å². The Bertz CT molecular complexity index is 436. The maximum Gasteiger partial charge on any atom is 0.146 e. The van der Waals surface area contributed by atoms with Gasteiger partial charge in [0.1, 0.15) is 18.2 Å². The third-order valence-corrected chi connectivity index (χ3v) is 2.82. The molecule has 0 aliphatic heterocycles. The van der Waals surface area contributed by atoms with Crippen molar-refractivity contribution < 1.29 is 4.74 Å². The van der Waals surface area contributed by atoms with Crippen molar-refractivity contribution in [3.05, 3.63) is 46.1 Å². The second-order valence-corrected chi connectivity index (χ2v) is 4.44. The second kappa shape index (κ2) is 4.65. The first-order valence-corrected chi connectivity index (χ1v) is 5.68. The zero-order chi connectivity index (χ0) is 10.7. The molecule has 1 aromatic carbocycles. The van der Waals surface area contributed by atoms with Crippen molar-refractivity contribution in [2.24, 2.45) is 7.05 Å². The largest absolute Gasteiger partial charge is 0.486 e. The molecule has 2 aromatic rings. The summed E-state index contributed by atoms with van der Waals surface area (Å²) in [6.45, 7) is 0.504. The fourth-order valence-electron chi connectivity index (χ4n) is 1.21. The van der Waals surface area contributed by atoms with Crippen LogP contribution in [0.1, 0.15) is 5.82 Å². The lowest BCUT2D eigenvalue weighted by atomic mass is 10.3. The average Bonchev–Trinajstić information content (AvgIpc) is 2.63. The van der Waals surface area contributed by atoms with Crippen molar-refractivity contribution >= 4 is 22.6 Å². The number of halogens is 1. The van der Waals surface area contributed by atoms with Gasteiger partial charge in [-0.15, -0.1) is 0 Å². The Morgan fingerprint density at radius 1 is 1.33 bits per heavy atom. The summed E-state index contributed by atoms with van der Waals surface area (Å²) in [5.41, 5.74) is 0. The van der Waals surface area contributed by atoms with Crippen LogP contribution >= 0.6 is 22.6 Å². The van der Waals surface area contributed by atoms with E-state index in [2.05, 4.69) is 27.6 Å². The molecule has 0 fully saturated rings. The van der Waals surface area contributed by atoms with Crippen LogP contribution in [0, 0.1) is 3.57 Å². The normalized spacial score (nSPS) is 10.3. The Labute approximate surface area is 102 Å². The second-order valence-electron chi connectivity index (χ2n) is 3.20. The van der Waals surface area contributed by atoms with Gasteiger partial charge < -0.3 is 9.30 Å². The minimum absolute atomic E-state index is 0.504. The number of ether oxygens (including phenoxy) is 1. The zero-order valence-corrected chi connectivity index (χ0v) is 10.5. The standard InChI is InChI=1S/C11H11IN2O/c1-14-7-6-13-11(14)8-15-10-4-2-9(12)3-5-10/h2-7H,8H2,1H3. The summed E-state index contributed by atoms with van der Waals surface area (Å²) in [5, 5.41) is 0. The molecule has 78 valence electrons. The first-order valence-electron chi connectivity index (χ1n) is 4.60. The van der Waals surface area contributed by atoms with Gasteiger partial charge in [0.25, 0.3) is 0 Å². The van der Waals surface area contributed by atoms with Crippen molar-refractivity contribution in [1.29, 1.82) is 0 Å². The summed E-state index contributed by atoms with van der Waals surface area (Å²) in [5.74, 6) is 1.80.